The molecule has 0 aliphatic rings. The molecule has 0 aromatic heterocycles. The first-order valence-electron chi connectivity index (χ1n) is 11.5. The Kier molecular flexibility index (Phi) is 8.81. The lowest BCUT2D eigenvalue weighted by Crippen LogP contribution is -2.10. The Bertz CT molecular complexity index is 1210. The van der Waals surface area contributed by atoms with Crippen LogP contribution in [0.3, 0.4) is 0 Å². The summed E-state index contributed by atoms with van der Waals surface area (Å²) in [6.07, 6.45) is -2.84. The highest BCUT2D eigenvalue weighted by Gasteiger charge is 2.30. The number of hydrogen-bond acceptors (Lipinski definition) is 5. The molecule has 0 unspecified atom stereocenters. The topological polar surface area (TPSA) is 77.4 Å². The Morgan fingerprint density at radius 2 is 1.54 bits per heavy atom. The lowest BCUT2D eigenvalue weighted by molar-refractivity contribution is -0.137. The second-order valence-corrected chi connectivity index (χ2v) is 9.23. The van der Waals surface area contributed by atoms with Gasteiger partial charge in [0.1, 0.15) is 30.3 Å². The summed E-state index contributed by atoms with van der Waals surface area (Å²) in [5.74, 6) is -0.831. The SMILES string of the molecule is CC(C)(C)c1ccc(C=NOCCOc2ccc(C(=O)O)c(OCc3ccc(C(F)(F)F)cc3)c2)cc1. The van der Waals surface area contributed by atoms with Crippen LogP contribution in [0.2, 0.25) is 0 Å². The average Bonchev–Trinajstić information content (AvgIpc) is 2.84. The van der Waals surface area contributed by atoms with Crippen LogP contribution in [0, 0.1) is 0 Å². The molecule has 0 saturated carbocycles. The summed E-state index contributed by atoms with van der Waals surface area (Å²) in [7, 11) is 0. The predicted molar refractivity (Wildman–Crippen MR) is 133 cm³/mol. The average molecular weight is 516 g/mol. The van der Waals surface area contributed by atoms with E-state index in [1.807, 2.05) is 24.3 Å². The highest BCUT2D eigenvalue weighted by Crippen LogP contribution is 2.30. The molecule has 0 atom stereocenters. The number of aromatic carboxylic acids is 1. The molecule has 37 heavy (non-hydrogen) atoms. The molecule has 0 bridgehead atoms. The third-order valence-electron chi connectivity index (χ3n) is 5.36. The first-order chi connectivity index (χ1) is 17.4. The van der Waals surface area contributed by atoms with Crippen LogP contribution in [0.15, 0.2) is 71.9 Å². The first kappa shape index (κ1) is 27.6. The molecule has 0 spiro atoms. The maximum Gasteiger partial charge on any atom is 0.416 e. The van der Waals surface area contributed by atoms with Crippen LogP contribution < -0.4 is 9.47 Å². The zero-order valence-electron chi connectivity index (χ0n) is 20.7. The third-order valence-corrected chi connectivity index (χ3v) is 5.36. The normalized spacial score (nSPS) is 11.9. The first-order valence-corrected chi connectivity index (χ1v) is 11.5. The summed E-state index contributed by atoms with van der Waals surface area (Å²) in [5.41, 5.74) is 1.76. The van der Waals surface area contributed by atoms with Gasteiger partial charge in [-0.05, 0) is 46.4 Å². The second kappa shape index (κ2) is 11.8. The van der Waals surface area contributed by atoms with E-state index in [2.05, 4.69) is 25.9 Å². The number of hydrogen-bond donors (Lipinski definition) is 1. The quantitative estimate of drug-likeness (QED) is 0.185. The van der Waals surface area contributed by atoms with Gasteiger partial charge in [-0.15, -0.1) is 0 Å². The Balaban J connectivity index is 1.52. The molecule has 3 aromatic rings. The lowest BCUT2D eigenvalue weighted by atomic mass is 9.87. The van der Waals surface area contributed by atoms with Crippen LogP contribution in [0.4, 0.5) is 13.2 Å². The molecule has 6 nitrogen and oxygen atoms in total. The lowest BCUT2D eigenvalue weighted by Gasteiger charge is -2.18. The largest absolute Gasteiger partial charge is 0.490 e. The van der Waals surface area contributed by atoms with Crippen molar-refractivity contribution in [3.63, 3.8) is 0 Å². The maximum absolute atomic E-state index is 12.7. The minimum absolute atomic E-state index is 0.0301. The van der Waals surface area contributed by atoms with Crippen molar-refractivity contribution < 1.29 is 37.4 Å². The number of rotatable bonds is 10. The fraction of sp³-hybridized carbons (Fsp3) is 0.286. The number of carboxylic acid groups (broad SMARTS) is 1. The van der Waals surface area contributed by atoms with Crippen molar-refractivity contribution in [1.82, 2.24) is 0 Å². The van der Waals surface area contributed by atoms with Crippen LogP contribution in [-0.2, 0) is 23.0 Å². The monoisotopic (exact) mass is 515 g/mol. The molecule has 196 valence electrons. The van der Waals surface area contributed by atoms with Crippen LogP contribution in [0.25, 0.3) is 0 Å². The van der Waals surface area contributed by atoms with E-state index in [0.717, 1.165) is 17.7 Å². The molecule has 0 heterocycles. The molecule has 0 amide bonds. The van der Waals surface area contributed by atoms with Crippen molar-refractivity contribution in [3.05, 3.63) is 94.5 Å². The number of carboxylic acids is 1. The molecular formula is C28H28F3NO5. The molecule has 0 aliphatic heterocycles. The summed E-state index contributed by atoms with van der Waals surface area (Å²) in [6, 6.07) is 16.7. The van der Waals surface area contributed by atoms with Crippen molar-refractivity contribution in [2.75, 3.05) is 13.2 Å². The van der Waals surface area contributed by atoms with Crippen LogP contribution in [0.1, 0.15) is 53.4 Å². The molecule has 0 saturated heterocycles. The van der Waals surface area contributed by atoms with E-state index in [-0.39, 0.29) is 36.5 Å². The molecule has 0 fully saturated rings. The van der Waals surface area contributed by atoms with Gasteiger partial charge in [-0.3, -0.25) is 0 Å². The summed E-state index contributed by atoms with van der Waals surface area (Å²) in [5, 5.41) is 13.3. The zero-order chi connectivity index (χ0) is 27.1. The standard InChI is InChI=1S/C28H28F3NO5/c1-27(2,3)21-8-4-19(5-9-21)17-32-37-15-14-35-23-12-13-24(26(33)34)25(16-23)36-18-20-6-10-22(11-7-20)28(29,30)31/h4-13,16-17H,14-15,18H2,1-3H3,(H,33,34). The fourth-order valence-electron chi connectivity index (χ4n) is 3.26. The molecule has 3 rings (SSSR count). The molecular weight excluding hydrogens is 487 g/mol. The van der Waals surface area contributed by atoms with E-state index in [9.17, 15) is 23.1 Å². The van der Waals surface area contributed by atoms with E-state index in [4.69, 9.17) is 14.3 Å². The van der Waals surface area contributed by atoms with E-state index in [1.54, 1.807) is 6.21 Å². The highest BCUT2D eigenvalue weighted by molar-refractivity contribution is 5.91. The van der Waals surface area contributed by atoms with Gasteiger partial charge in [0.2, 0.25) is 0 Å². The molecule has 9 heteroatoms. The van der Waals surface area contributed by atoms with Gasteiger partial charge in [-0.1, -0.05) is 62.3 Å². The molecule has 3 aromatic carbocycles. The van der Waals surface area contributed by atoms with Gasteiger partial charge < -0.3 is 19.4 Å². The minimum Gasteiger partial charge on any atom is -0.490 e. The molecule has 0 aliphatic carbocycles. The summed E-state index contributed by atoms with van der Waals surface area (Å²) in [6.45, 7) is 6.61. The van der Waals surface area contributed by atoms with E-state index in [0.29, 0.717) is 11.3 Å². The predicted octanol–water partition coefficient (Wildman–Crippen LogP) is 6.71. The van der Waals surface area contributed by atoms with Gasteiger partial charge in [0.05, 0.1) is 11.8 Å². The van der Waals surface area contributed by atoms with E-state index < -0.39 is 17.7 Å². The van der Waals surface area contributed by atoms with Gasteiger partial charge in [0.15, 0.2) is 6.61 Å². The fourth-order valence-corrected chi connectivity index (χ4v) is 3.26. The third kappa shape index (κ3) is 8.27. The number of halogens is 3. The number of benzene rings is 3. The van der Waals surface area contributed by atoms with E-state index >= 15 is 0 Å². The van der Waals surface area contributed by atoms with Crippen molar-refractivity contribution in [2.24, 2.45) is 5.16 Å². The number of nitrogens with zero attached hydrogens (tertiary/aromatic N) is 1. The van der Waals surface area contributed by atoms with Crippen molar-refractivity contribution in [2.45, 2.75) is 39.0 Å². The highest BCUT2D eigenvalue weighted by atomic mass is 19.4. The Hall–Kier alpha value is -4.01. The van der Waals surface area contributed by atoms with Gasteiger partial charge >= 0.3 is 12.1 Å². The zero-order valence-corrected chi connectivity index (χ0v) is 20.7. The number of oxime groups is 1. The van der Waals surface area contributed by atoms with Gasteiger partial charge in [-0.2, -0.15) is 13.2 Å². The smallest absolute Gasteiger partial charge is 0.416 e. The van der Waals surface area contributed by atoms with Gasteiger partial charge in [0.25, 0.3) is 0 Å². The number of carbonyl (C=O) groups is 1. The number of ether oxygens (including phenoxy) is 2. The van der Waals surface area contributed by atoms with Crippen LogP contribution >= 0.6 is 0 Å². The number of alkyl halides is 3. The summed E-state index contributed by atoms with van der Waals surface area (Å²) < 4.78 is 49.4. The Morgan fingerprint density at radius 1 is 0.892 bits per heavy atom. The Labute approximate surface area is 213 Å². The van der Waals surface area contributed by atoms with Crippen LogP contribution in [0.5, 0.6) is 11.5 Å². The van der Waals surface area contributed by atoms with E-state index in [1.165, 1.54) is 35.9 Å². The molecule has 0 radical (unpaired) electrons. The maximum atomic E-state index is 12.7. The van der Waals surface area contributed by atoms with Crippen molar-refractivity contribution in [1.29, 1.82) is 0 Å². The van der Waals surface area contributed by atoms with Crippen molar-refractivity contribution in [3.8, 4) is 11.5 Å². The molecule has 1 N–H and O–H groups in total. The summed E-state index contributed by atoms with van der Waals surface area (Å²) >= 11 is 0. The van der Waals surface area contributed by atoms with Gasteiger partial charge in [-0.25, -0.2) is 4.79 Å². The second-order valence-electron chi connectivity index (χ2n) is 9.23. The van der Waals surface area contributed by atoms with Crippen molar-refractivity contribution >= 4 is 12.2 Å². The van der Waals surface area contributed by atoms with Crippen LogP contribution in [-0.4, -0.2) is 30.5 Å². The van der Waals surface area contributed by atoms with Gasteiger partial charge in [0, 0.05) is 6.07 Å². The summed E-state index contributed by atoms with van der Waals surface area (Å²) in [4.78, 5) is 16.8. The Morgan fingerprint density at radius 3 is 2.14 bits per heavy atom. The minimum atomic E-state index is -4.44.